The smallest absolute Gasteiger partial charge is 0.174 e. The van der Waals surface area contributed by atoms with Gasteiger partial charge in [0.1, 0.15) is 12.4 Å². The molecule has 0 fully saturated rings. The Bertz CT molecular complexity index is 1570. The Morgan fingerprint density at radius 2 is 1.51 bits per heavy atom. The Hall–Kier alpha value is -3.46. The van der Waals surface area contributed by atoms with Crippen molar-refractivity contribution in [3.8, 4) is 11.5 Å². The lowest BCUT2D eigenvalue weighted by Crippen LogP contribution is -2.40. The number of benzene rings is 3. The van der Waals surface area contributed by atoms with Gasteiger partial charge < -0.3 is 14.4 Å². The number of ether oxygens (including phenoxy) is 2. The molecular formula is C36H35FINO4. The largest absolute Gasteiger partial charge is 0.490 e. The van der Waals surface area contributed by atoms with E-state index in [0.717, 1.165) is 75.9 Å². The van der Waals surface area contributed by atoms with Crippen LogP contribution in [0.4, 0.5) is 4.39 Å². The highest BCUT2D eigenvalue weighted by Crippen LogP contribution is 2.50. The van der Waals surface area contributed by atoms with Gasteiger partial charge in [0.15, 0.2) is 23.1 Å². The van der Waals surface area contributed by atoms with Crippen molar-refractivity contribution in [3.05, 3.63) is 115 Å². The predicted molar refractivity (Wildman–Crippen MR) is 172 cm³/mol. The number of ketones is 2. The van der Waals surface area contributed by atoms with E-state index in [9.17, 15) is 14.0 Å². The standard InChI is InChI=1S/C36H35FINO4/c1-2-42-32-21-25(20-27(38)36(32)43-22-24-11-6-12-26(37)19-24)33-34-28(13-7-15-30(34)40)39(18-17-23-9-4-3-5-10-23)29-14-8-16-31(41)35(29)33/h3-6,9-12,19-21,33H,2,7-8,13-18,22H2,1H3. The van der Waals surface area contributed by atoms with E-state index in [4.69, 9.17) is 9.47 Å². The Kier molecular flexibility index (Phi) is 8.98. The first-order chi connectivity index (χ1) is 20.9. The monoisotopic (exact) mass is 691 g/mol. The number of hydrogen-bond donors (Lipinski definition) is 0. The van der Waals surface area contributed by atoms with Crippen LogP contribution in [-0.4, -0.2) is 29.6 Å². The molecule has 0 saturated carbocycles. The lowest BCUT2D eigenvalue weighted by atomic mass is 9.71. The molecule has 3 aromatic rings. The zero-order valence-corrected chi connectivity index (χ0v) is 26.5. The van der Waals surface area contributed by atoms with Crippen molar-refractivity contribution in [2.75, 3.05) is 13.2 Å². The van der Waals surface area contributed by atoms with Crippen molar-refractivity contribution in [1.29, 1.82) is 0 Å². The van der Waals surface area contributed by atoms with Crippen molar-refractivity contribution in [2.45, 2.75) is 64.4 Å². The fourth-order valence-electron chi connectivity index (χ4n) is 6.65. The second-order valence-electron chi connectivity index (χ2n) is 11.3. The first-order valence-corrected chi connectivity index (χ1v) is 16.2. The lowest BCUT2D eigenvalue weighted by Gasteiger charge is -2.44. The summed E-state index contributed by atoms with van der Waals surface area (Å²) in [5.74, 6) is 0.644. The van der Waals surface area contributed by atoms with Crippen molar-refractivity contribution in [2.24, 2.45) is 0 Å². The molecule has 5 nitrogen and oxygen atoms in total. The number of Topliss-reactive ketones (excluding diaryl/α,β-unsaturated/α-hetero) is 2. The topological polar surface area (TPSA) is 55.8 Å². The molecule has 0 aromatic heterocycles. The van der Waals surface area contributed by atoms with Gasteiger partial charge in [-0.3, -0.25) is 9.59 Å². The maximum absolute atomic E-state index is 13.8. The molecular weight excluding hydrogens is 656 g/mol. The zero-order chi connectivity index (χ0) is 29.9. The quantitative estimate of drug-likeness (QED) is 0.213. The Morgan fingerprint density at radius 1 is 0.837 bits per heavy atom. The molecule has 3 aliphatic rings. The number of rotatable bonds is 9. The van der Waals surface area contributed by atoms with Gasteiger partial charge in [0.25, 0.3) is 0 Å². The van der Waals surface area contributed by atoms with Gasteiger partial charge in [-0.25, -0.2) is 4.39 Å². The second kappa shape index (κ2) is 13.0. The highest BCUT2D eigenvalue weighted by atomic mass is 127. The second-order valence-corrected chi connectivity index (χ2v) is 12.4. The molecule has 1 heterocycles. The molecule has 3 aromatic carbocycles. The lowest BCUT2D eigenvalue weighted by molar-refractivity contribution is -0.117. The van der Waals surface area contributed by atoms with E-state index in [1.54, 1.807) is 6.07 Å². The Morgan fingerprint density at radius 3 is 2.16 bits per heavy atom. The van der Waals surface area contributed by atoms with Crippen LogP contribution in [0.1, 0.15) is 68.1 Å². The number of carbonyl (C=O) groups excluding carboxylic acids is 2. The van der Waals surface area contributed by atoms with Crippen LogP contribution in [0.15, 0.2) is 89.3 Å². The third kappa shape index (κ3) is 6.14. The zero-order valence-electron chi connectivity index (χ0n) is 24.3. The maximum Gasteiger partial charge on any atom is 0.174 e. The molecule has 0 amide bonds. The maximum atomic E-state index is 13.8. The summed E-state index contributed by atoms with van der Waals surface area (Å²) in [6.07, 6.45) is 5.09. The van der Waals surface area contributed by atoms with Crippen LogP contribution in [0.2, 0.25) is 0 Å². The summed E-state index contributed by atoms with van der Waals surface area (Å²) in [6, 6.07) is 20.7. The van der Waals surface area contributed by atoms with Gasteiger partial charge >= 0.3 is 0 Å². The van der Waals surface area contributed by atoms with Gasteiger partial charge in [-0.15, -0.1) is 0 Å². The summed E-state index contributed by atoms with van der Waals surface area (Å²) in [6.45, 7) is 3.27. The molecule has 0 unspecified atom stereocenters. The summed E-state index contributed by atoms with van der Waals surface area (Å²) < 4.78 is 26.9. The van der Waals surface area contributed by atoms with E-state index in [-0.39, 0.29) is 24.0 Å². The first kappa shape index (κ1) is 29.6. The van der Waals surface area contributed by atoms with Gasteiger partial charge in [-0.2, -0.15) is 0 Å². The van der Waals surface area contributed by atoms with E-state index >= 15 is 0 Å². The summed E-state index contributed by atoms with van der Waals surface area (Å²) in [4.78, 5) is 29.8. The fraction of sp³-hybridized carbons (Fsp3) is 0.333. The Balaban J connectivity index is 1.42. The third-order valence-electron chi connectivity index (χ3n) is 8.49. The normalized spacial score (nSPS) is 17.2. The minimum Gasteiger partial charge on any atom is -0.490 e. The van der Waals surface area contributed by atoms with Crippen LogP contribution >= 0.6 is 22.6 Å². The van der Waals surface area contributed by atoms with Crippen LogP contribution in [0, 0.1) is 9.39 Å². The Labute approximate surface area is 265 Å². The van der Waals surface area contributed by atoms with E-state index in [0.29, 0.717) is 30.9 Å². The van der Waals surface area contributed by atoms with Gasteiger partial charge in [0.05, 0.1) is 10.2 Å². The van der Waals surface area contributed by atoms with Crippen molar-refractivity contribution < 1.29 is 23.5 Å². The number of carbonyl (C=O) groups is 2. The predicted octanol–water partition coefficient (Wildman–Crippen LogP) is 8.06. The van der Waals surface area contributed by atoms with Crippen molar-refractivity contribution in [3.63, 3.8) is 0 Å². The van der Waals surface area contributed by atoms with E-state index in [1.807, 2.05) is 43.3 Å². The molecule has 43 heavy (non-hydrogen) atoms. The molecule has 7 heteroatoms. The SMILES string of the molecule is CCOc1cc(C2C3=C(CCCC3=O)N(CCc3ccccc3)C3=C2C(=O)CCC3)cc(I)c1OCc1cccc(F)c1. The van der Waals surface area contributed by atoms with Crippen LogP contribution in [0.25, 0.3) is 0 Å². The number of hydrogen-bond acceptors (Lipinski definition) is 5. The molecule has 222 valence electrons. The molecule has 0 spiro atoms. The van der Waals surface area contributed by atoms with Crippen LogP contribution in [-0.2, 0) is 22.6 Å². The van der Waals surface area contributed by atoms with Gasteiger partial charge in [0.2, 0.25) is 0 Å². The minimum absolute atomic E-state index is 0.125. The third-order valence-corrected chi connectivity index (χ3v) is 9.29. The molecule has 0 bridgehead atoms. The molecule has 0 saturated heterocycles. The number of nitrogens with zero attached hydrogens (tertiary/aromatic N) is 1. The summed E-state index contributed by atoms with van der Waals surface area (Å²) >= 11 is 2.24. The molecule has 0 N–H and O–H groups in total. The first-order valence-electron chi connectivity index (χ1n) is 15.1. The van der Waals surface area contributed by atoms with Gasteiger partial charge in [-0.05, 0) is 103 Å². The van der Waals surface area contributed by atoms with Crippen LogP contribution in [0.3, 0.4) is 0 Å². The highest BCUT2D eigenvalue weighted by Gasteiger charge is 2.43. The van der Waals surface area contributed by atoms with E-state index in [2.05, 4.69) is 39.6 Å². The van der Waals surface area contributed by atoms with Crippen LogP contribution < -0.4 is 9.47 Å². The number of halogens is 2. The van der Waals surface area contributed by atoms with Crippen molar-refractivity contribution >= 4 is 34.2 Å². The van der Waals surface area contributed by atoms with Gasteiger partial charge in [-0.1, -0.05) is 42.5 Å². The molecule has 0 radical (unpaired) electrons. The molecule has 1 aliphatic heterocycles. The average Bonchev–Trinajstić information content (AvgIpc) is 3.00. The molecule has 2 aliphatic carbocycles. The fourth-order valence-corrected chi connectivity index (χ4v) is 7.43. The molecule has 6 rings (SSSR count). The minimum atomic E-state index is -0.427. The molecule has 0 atom stereocenters. The summed E-state index contributed by atoms with van der Waals surface area (Å²) in [5.41, 5.74) is 6.51. The van der Waals surface area contributed by atoms with Crippen molar-refractivity contribution in [1.82, 2.24) is 4.90 Å². The van der Waals surface area contributed by atoms with E-state index < -0.39 is 5.92 Å². The van der Waals surface area contributed by atoms with Gasteiger partial charge in [0, 0.05) is 47.8 Å². The highest BCUT2D eigenvalue weighted by molar-refractivity contribution is 14.1. The summed E-state index contributed by atoms with van der Waals surface area (Å²) in [5, 5.41) is 0. The average molecular weight is 692 g/mol. The van der Waals surface area contributed by atoms with Crippen LogP contribution in [0.5, 0.6) is 11.5 Å². The summed E-state index contributed by atoms with van der Waals surface area (Å²) in [7, 11) is 0. The number of allylic oxidation sites excluding steroid dienone is 4. The van der Waals surface area contributed by atoms with E-state index in [1.165, 1.54) is 17.7 Å².